The summed E-state index contributed by atoms with van der Waals surface area (Å²) in [6.45, 7) is 2.04. The molecule has 2 nitrogen and oxygen atoms in total. The number of rotatable bonds is 4. The summed E-state index contributed by atoms with van der Waals surface area (Å²) in [5, 5.41) is 0. The fraction of sp³-hybridized carbons (Fsp3) is 0.800. The zero-order chi connectivity index (χ0) is 6.41. The summed E-state index contributed by atoms with van der Waals surface area (Å²) >= 11 is 0. The minimum Gasteiger partial charge on any atom is -0.360 e. The van der Waals surface area contributed by atoms with E-state index in [0.29, 0.717) is 0 Å². The number of hydrogen-bond acceptors (Lipinski definition) is 2. The van der Waals surface area contributed by atoms with Crippen LogP contribution >= 0.6 is 0 Å². The van der Waals surface area contributed by atoms with E-state index >= 15 is 0 Å². The summed E-state index contributed by atoms with van der Waals surface area (Å²) in [7, 11) is 3.11. The van der Waals surface area contributed by atoms with Gasteiger partial charge in [-0.05, 0) is 6.04 Å². The normalized spacial score (nSPS) is 12.0. The monoisotopic (exact) mass is 133 g/mol. The predicted molar refractivity (Wildman–Crippen MR) is 36.3 cm³/mol. The molecule has 0 aliphatic rings. The third-order valence-corrected chi connectivity index (χ3v) is 2.48. The van der Waals surface area contributed by atoms with Crippen molar-refractivity contribution in [2.24, 2.45) is 0 Å². The van der Waals surface area contributed by atoms with Crippen LogP contribution in [0.15, 0.2) is 0 Å². The van der Waals surface area contributed by atoms with E-state index in [1.807, 2.05) is 6.92 Å². The Kier molecular flexibility index (Phi) is 5.37. The second-order valence-electron chi connectivity index (χ2n) is 1.54. The molecule has 0 bridgehead atoms. The molecule has 0 aliphatic carbocycles. The van der Waals surface area contributed by atoms with E-state index in [4.69, 9.17) is 9.47 Å². The van der Waals surface area contributed by atoms with Gasteiger partial charge in [0.15, 0.2) is 0 Å². The highest BCUT2D eigenvalue weighted by atomic mass is 28.2. The Labute approximate surface area is 53.0 Å². The van der Waals surface area contributed by atoms with Crippen LogP contribution in [0.4, 0.5) is 0 Å². The molecule has 49 valence electrons. The van der Waals surface area contributed by atoms with Crippen molar-refractivity contribution >= 4 is 9.52 Å². The molecule has 0 aromatic carbocycles. The Morgan fingerprint density at radius 1 is 1.38 bits per heavy atom. The lowest BCUT2D eigenvalue weighted by Crippen LogP contribution is -2.20. The first-order valence-corrected chi connectivity index (χ1v) is 4.31. The molecule has 0 fully saturated rings. The van der Waals surface area contributed by atoms with Gasteiger partial charge in [0, 0.05) is 14.2 Å². The lowest BCUT2D eigenvalue weighted by Gasteiger charge is -2.09. The average Bonchev–Trinajstić information content (AvgIpc) is 1.83. The molecular weight excluding hydrogens is 120 g/mol. The van der Waals surface area contributed by atoms with Gasteiger partial charge in [0.2, 0.25) is 0 Å². The Bertz CT molecular complexity index is 45.7. The quantitative estimate of drug-likeness (QED) is 0.394. The van der Waals surface area contributed by atoms with Crippen LogP contribution in [0.3, 0.4) is 0 Å². The van der Waals surface area contributed by atoms with E-state index in [2.05, 4.69) is 6.04 Å². The molecule has 0 aromatic heterocycles. The molecule has 0 spiro atoms. The molecule has 0 heterocycles. The lowest BCUT2D eigenvalue weighted by atomic mass is 11.0. The molecular formula is C5H13O2Si. The van der Waals surface area contributed by atoms with Gasteiger partial charge in [-0.3, -0.25) is 0 Å². The van der Waals surface area contributed by atoms with Crippen LogP contribution in [0.5, 0.6) is 0 Å². The predicted octanol–water partition coefficient (Wildman–Crippen LogP) is -0.0867. The van der Waals surface area contributed by atoms with Gasteiger partial charge in [-0.1, -0.05) is 6.92 Å². The number of hydrogen-bond donors (Lipinski definition) is 0. The van der Waals surface area contributed by atoms with Crippen LogP contribution < -0.4 is 0 Å². The van der Waals surface area contributed by atoms with Crippen LogP contribution in [-0.2, 0) is 9.47 Å². The van der Waals surface area contributed by atoms with Gasteiger partial charge >= 0.3 is 0 Å². The van der Waals surface area contributed by atoms with Gasteiger partial charge < -0.3 is 9.47 Å². The highest BCUT2D eigenvalue weighted by Crippen LogP contribution is 1.87. The third-order valence-electron chi connectivity index (χ3n) is 0.954. The SMILES string of the molecule is C[CH][SiH2]C(OC)OC. The summed E-state index contributed by atoms with van der Waals surface area (Å²) in [5.74, 6) is 0.0833. The van der Waals surface area contributed by atoms with Crippen LogP contribution in [0.25, 0.3) is 0 Å². The second kappa shape index (κ2) is 5.28. The van der Waals surface area contributed by atoms with Gasteiger partial charge in [-0.2, -0.15) is 0 Å². The van der Waals surface area contributed by atoms with Gasteiger partial charge in [0.25, 0.3) is 0 Å². The second-order valence-corrected chi connectivity index (χ2v) is 3.50. The average molecular weight is 133 g/mol. The van der Waals surface area contributed by atoms with E-state index < -0.39 is 0 Å². The molecule has 1 radical (unpaired) electrons. The van der Waals surface area contributed by atoms with Crippen LogP contribution in [0.1, 0.15) is 6.92 Å². The van der Waals surface area contributed by atoms with Crippen LogP contribution in [-0.4, -0.2) is 29.7 Å². The first-order chi connectivity index (χ1) is 3.85. The molecule has 0 unspecified atom stereocenters. The molecule has 0 atom stereocenters. The van der Waals surface area contributed by atoms with Crippen LogP contribution in [0.2, 0.25) is 0 Å². The highest BCUT2D eigenvalue weighted by molar-refractivity contribution is 6.40. The number of methoxy groups -OCH3 is 2. The van der Waals surface area contributed by atoms with Crippen molar-refractivity contribution in [2.75, 3.05) is 14.2 Å². The first-order valence-electron chi connectivity index (χ1n) is 2.68. The Balaban J connectivity index is 3.07. The Morgan fingerprint density at radius 2 is 1.88 bits per heavy atom. The fourth-order valence-electron chi connectivity index (χ4n) is 0.481. The van der Waals surface area contributed by atoms with Crippen molar-refractivity contribution in [3.63, 3.8) is 0 Å². The molecule has 3 heteroatoms. The van der Waals surface area contributed by atoms with E-state index in [1.54, 1.807) is 14.2 Å². The molecule has 0 saturated carbocycles. The first kappa shape index (κ1) is 8.14. The molecule has 0 N–H and O–H groups in total. The highest BCUT2D eigenvalue weighted by Gasteiger charge is 2.00. The minimum atomic E-state index is -0.234. The van der Waals surface area contributed by atoms with Crippen LogP contribution in [0, 0.1) is 6.04 Å². The third kappa shape index (κ3) is 3.18. The standard InChI is InChI=1S/C5H13O2Si/c1-4-8-5(6-2)7-3/h4-5H,8H2,1-3H3. The van der Waals surface area contributed by atoms with Crippen molar-refractivity contribution < 1.29 is 9.47 Å². The lowest BCUT2D eigenvalue weighted by molar-refractivity contribution is -0.0434. The molecule has 0 saturated heterocycles. The van der Waals surface area contributed by atoms with Crippen molar-refractivity contribution in [3.8, 4) is 0 Å². The Morgan fingerprint density at radius 3 is 2.00 bits per heavy atom. The largest absolute Gasteiger partial charge is 0.360 e. The minimum absolute atomic E-state index is 0.0833. The molecule has 0 amide bonds. The summed E-state index contributed by atoms with van der Waals surface area (Å²) in [5.41, 5.74) is 0. The van der Waals surface area contributed by atoms with Gasteiger partial charge in [0.1, 0.15) is 5.91 Å². The molecule has 0 rings (SSSR count). The summed E-state index contributed by atoms with van der Waals surface area (Å²) in [6.07, 6.45) is 0. The maximum atomic E-state index is 4.95. The van der Waals surface area contributed by atoms with Crippen molar-refractivity contribution in [2.45, 2.75) is 12.8 Å². The maximum absolute atomic E-state index is 4.95. The summed E-state index contributed by atoms with van der Waals surface area (Å²) in [4.78, 5) is 0. The van der Waals surface area contributed by atoms with Crippen molar-refractivity contribution in [3.05, 3.63) is 6.04 Å². The topological polar surface area (TPSA) is 18.5 Å². The van der Waals surface area contributed by atoms with E-state index in [0.717, 1.165) is 0 Å². The zero-order valence-electron chi connectivity index (χ0n) is 5.68. The maximum Gasteiger partial charge on any atom is 0.134 e. The van der Waals surface area contributed by atoms with Gasteiger partial charge in [0.05, 0.1) is 9.52 Å². The Hall–Kier alpha value is 0.137. The van der Waals surface area contributed by atoms with E-state index in [9.17, 15) is 0 Å². The molecule has 0 aromatic rings. The zero-order valence-corrected chi connectivity index (χ0v) is 7.09. The molecule has 0 aliphatic heterocycles. The number of ether oxygens (including phenoxy) is 2. The van der Waals surface area contributed by atoms with Crippen molar-refractivity contribution in [1.82, 2.24) is 0 Å². The fourth-order valence-corrected chi connectivity index (χ4v) is 1.25. The smallest absolute Gasteiger partial charge is 0.134 e. The molecule has 8 heavy (non-hydrogen) atoms. The van der Waals surface area contributed by atoms with Gasteiger partial charge in [-0.25, -0.2) is 0 Å². The summed E-state index contributed by atoms with van der Waals surface area (Å²) < 4.78 is 9.90. The summed E-state index contributed by atoms with van der Waals surface area (Å²) in [6, 6.07) is 2.15. The van der Waals surface area contributed by atoms with E-state index in [1.165, 1.54) is 0 Å². The van der Waals surface area contributed by atoms with E-state index in [-0.39, 0.29) is 15.4 Å². The van der Waals surface area contributed by atoms with Gasteiger partial charge in [-0.15, -0.1) is 0 Å². The van der Waals surface area contributed by atoms with Crippen molar-refractivity contribution in [1.29, 1.82) is 0 Å².